The lowest BCUT2D eigenvalue weighted by Crippen LogP contribution is -2.32. The highest BCUT2D eigenvalue weighted by molar-refractivity contribution is 7.81. The molecule has 90 valence electrons. The average molecular weight is 233 g/mol. The van der Waals surface area contributed by atoms with Crippen molar-refractivity contribution in [2.24, 2.45) is 5.92 Å². The summed E-state index contributed by atoms with van der Waals surface area (Å²) in [5, 5.41) is 2.50. The molecule has 0 aromatic rings. The first kappa shape index (κ1) is 14.8. The Labute approximate surface area is 98.4 Å². The minimum atomic E-state index is -0.244. The van der Waals surface area contributed by atoms with Gasteiger partial charge < -0.3 is 10.1 Å². The molecule has 0 radical (unpaired) electrons. The van der Waals surface area contributed by atoms with Crippen LogP contribution in [0.3, 0.4) is 0 Å². The molecule has 0 saturated heterocycles. The summed E-state index contributed by atoms with van der Waals surface area (Å²) in [5.41, 5.74) is 0. The third kappa shape index (κ3) is 10.1. The first-order valence-electron chi connectivity index (χ1n) is 5.57. The van der Waals surface area contributed by atoms with Crippen LogP contribution in [0, 0.1) is 5.92 Å². The van der Waals surface area contributed by atoms with Crippen molar-refractivity contribution >= 4 is 18.5 Å². The lowest BCUT2D eigenvalue weighted by Gasteiger charge is -2.08. The van der Waals surface area contributed by atoms with E-state index in [9.17, 15) is 4.79 Å². The molecule has 1 atom stereocenters. The van der Waals surface area contributed by atoms with E-state index in [2.05, 4.69) is 31.8 Å². The average Bonchev–Trinajstić information content (AvgIpc) is 2.15. The predicted octanol–water partition coefficient (Wildman–Crippen LogP) is 1.87. The lowest BCUT2D eigenvalue weighted by molar-refractivity contribution is -0.120. The summed E-state index contributed by atoms with van der Waals surface area (Å²) < 4.78 is 5.37. The van der Waals surface area contributed by atoms with E-state index in [1.54, 1.807) is 6.92 Å². The third-order valence-electron chi connectivity index (χ3n) is 2.00. The van der Waals surface area contributed by atoms with Gasteiger partial charge in [0.05, 0.1) is 11.9 Å². The van der Waals surface area contributed by atoms with Crippen molar-refractivity contribution in [2.75, 3.05) is 19.8 Å². The van der Waals surface area contributed by atoms with E-state index in [-0.39, 0.29) is 11.2 Å². The van der Waals surface area contributed by atoms with Crippen LogP contribution in [0.1, 0.15) is 33.6 Å². The van der Waals surface area contributed by atoms with Gasteiger partial charge in [-0.15, -0.1) is 0 Å². The zero-order valence-electron chi connectivity index (χ0n) is 9.95. The standard InChI is InChI=1S/C11H23NO2S/c1-9(2)5-4-7-14-8-6-12-11(13)10(3)15/h9-10,15H,4-8H2,1-3H3,(H,12,13). The van der Waals surface area contributed by atoms with E-state index >= 15 is 0 Å². The fraction of sp³-hybridized carbons (Fsp3) is 0.909. The molecule has 0 bridgehead atoms. The van der Waals surface area contributed by atoms with Crippen LogP contribution in [-0.4, -0.2) is 30.9 Å². The minimum Gasteiger partial charge on any atom is -0.380 e. The quantitative estimate of drug-likeness (QED) is 0.496. The predicted molar refractivity (Wildman–Crippen MR) is 66.3 cm³/mol. The van der Waals surface area contributed by atoms with E-state index in [0.29, 0.717) is 13.2 Å². The highest BCUT2D eigenvalue weighted by Crippen LogP contribution is 2.02. The summed E-state index contributed by atoms with van der Waals surface area (Å²) in [6, 6.07) is 0. The van der Waals surface area contributed by atoms with Gasteiger partial charge in [0, 0.05) is 13.2 Å². The van der Waals surface area contributed by atoms with Gasteiger partial charge in [-0.1, -0.05) is 13.8 Å². The Bertz CT molecular complexity index is 172. The highest BCUT2D eigenvalue weighted by atomic mass is 32.1. The van der Waals surface area contributed by atoms with Crippen molar-refractivity contribution in [3.8, 4) is 0 Å². The molecule has 1 N–H and O–H groups in total. The van der Waals surface area contributed by atoms with Gasteiger partial charge in [0.1, 0.15) is 0 Å². The Balaban J connectivity index is 3.15. The fourth-order valence-electron chi connectivity index (χ4n) is 1.09. The molecule has 0 aromatic carbocycles. The van der Waals surface area contributed by atoms with Crippen LogP contribution in [0.15, 0.2) is 0 Å². The first-order chi connectivity index (χ1) is 7.04. The molecule has 1 amide bonds. The zero-order valence-corrected chi connectivity index (χ0v) is 10.8. The topological polar surface area (TPSA) is 38.3 Å². The number of hydrogen-bond acceptors (Lipinski definition) is 3. The Morgan fingerprint density at radius 1 is 1.33 bits per heavy atom. The number of carbonyl (C=O) groups is 1. The molecular formula is C11H23NO2S. The Morgan fingerprint density at radius 2 is 2.00 bits per heavy atom. The Kier molecular flexibility index (Phi) is 8.91. The summed E-state index contributed by atoms with van der Waals surface area (Å²) in [5.74, 6) is 0.697. The number of thiol groups is 1. The molecule has 0 fully saturated rings. The molecule has 0 heterocycles. The third-order valence-corrected chi connectivity index (χ3v) is 2.23. The van der Waals surface area contributed by atoms with Crippen molar-refractivity contribution in [3.05, 3.63) is 0 Å². The zero-order chi connectivity index (χ0) is 11.7. The largest absolute Gasteiger partial charge is 0.380 e. The van der Waals surface area contributed by atoms with Gasteiger partial charge in [-0.05, 0) is 25.7 Å². The Hall–Kier alpha value is -0.220. The first-order valence-corrected chi connectivity index (χ1v) is 6.09. The number of hydrogen-bond donors (Lipinski definition) is 2. The maximum Gasteiger partial charge on any atom is 0.232 e. The smallest absolute Gasteiger partial charge is 0.232 e. The second kappa shape index (κ2) is 9.04. The van der Waals surface area contributed by atoms with Crippen molar-refractivity contribution in [1.82, 2.24) is 5.32 Å². The molecule has 0 aliphatic carbocycles. The van der Waals surface area contributed by atoms with Gasteiger partial charge in [0.2, 0.25) is 5.91 Å². The van der Waals surface area contributed by atoms with Crippen LogP contribution >= 0.6 is 12.6 Å². The molecule has 0 rings (SSSR count). The SMILES string of the molecule is CC(C)CCCOCCNC(=O)C(C)S. The summed E-state index contributed by atoms with van der Waals surface area (Å²) in [6.45, 7) is 8.10. The van der Waals surface area contributed by atoms with E-state index in [0.717, 1.165) is 18.9 Å². The Morgan fingerprint density at radius 3 is 2.53 bits per heavy atom. The van der Waals surface area contributed by atoms with Gasteiger partial charge in [0.15, 0.2) is 0 Å². The van der Waals surface area contributed by atoms with Gasteiger partial charge >= 0.3 is 0 Å². The lowest BCUT2D eigenvalue weighted by atomic mass is 10.1. The monoisotopic (exact) mass is 233 g/mol. The van der Waals surface area contributed by atoms with Crippen LogP contribution in [-0.2, 0) is 9.53 Å². The normalized spacial score (nSPS) is 12.9. The molecular weight excluding hydrogens is 210 g/mol. The molecule has 15 heavy (non-hydrogen) atoms. The number of ether oxygens (including phenoxy) is 1. The molecule has 0 aliphatic heterocycles. The molecule has 0 aliphatic rings. The number of nitrogens with one attached hydrogen (secondary N) is 1. The maximum atomic E-state index is 11.1. The van der Waals surface area contributed by atoms with Crippen LogP contribution < -0.4 is 5.32 Å². The number of amides is 1. The second-order valence-corrected chi connectivity index (χ2v) is 4.89. The molecule has 0 aromatic heterocycles. The van der Waals surface area contributed by atoms with Gasteiger partial charge in [-0.3, -0.25) is 4.79 Å². The van der Waals surface area contributed by atoms with Gasteiger partial charge in [-0.2, -0.15) is 12.6 Å². The molecule has 0 saturated carbocycles. The van der Waals surface area contributed by atoms with Crippen LogP contribution in [0.25, 0.3) is 0 Å². The molecule has 0 spiro atoms. The van der Waals surface area contributed by atoms with Crippen molar-refractivity contribution < 1.29 is 9.53 Å². The molecule has 3 nitrogen and oxygen atoms in total. The fourth-order valence-corrected chi connectivity index (χ4v) is 1.18. The number of rotatable bonds is 8. The summed E-state index contributed by atoms with van der Waals surface area (Å²) in [7, 11) is 0. The van der Waals surface area contributed by atoms with Crippen LogP contribution in [0.5, 0.6) is 0 Å². The molecule has 4 heteroatoms. The summed E-state index contributed by atoms with van der Waals surface area (Å²) in [4.78, 5) is 11.1. The highest BCUT2D eigenvalue weighted by Gasteiger charge is 2.05. The van der Waals surface area contributed by atoms with Gasteiger partial charge in [-0.25, -0.2) is 0 Å². The van der Waals surface area contributed by atoms with Gasteiger partial charge in [0.25, 0.3) is 0 Å². The van der Waals surface area contributed by atoms with E-state index < -0.39 is 0 Å². The van der Waals surface area contributed by atoms with E-state index in [1.165, 1.54) is 6.42 Å². The summed E-state index contributed by atoms with van der Waals surface area (Å²) in [6.07, 6.45) is 2.29. The van der Waals surface area contributed by atoms with Crippen molar-refractivity contribution in [2.45, 2.75) is 38.9 Å². The van der Waals surface area contributed by atoms with Crippen molar-refractivity contribution in [1.29, 1.82) is 0 Å². The number of carbonyl (C=O) groups excluding carboxylic acids is 1. The van der Waals surface area contributed by atoms with E-state index in [4.69, 9.17) is 4.74 Å². The molecule has 1 unspecified atom stereocenters. The van der Waals surface area contributed by atoms with E-state index in [1.807, 2.05) is 0 Å². The maximum absolute atomic E-state index is 11.1. The summed E-state index contributed by atoms with van der Waals surface area (Å²) >= 11 is 4.02. The van der Waals surface area contributed by atoms with Crippen LogP contribution in [0.2, 0.25) is 0 Å². The van der Waals surface area contributed by atoms with Crippen LogP contribution in [0.4, 0.5) is 0 Å². The minimum absolute atomic E-state index is 0.0379. The van der Waals surface area contributed by atoms with Crippen molar-refractivity contribution in [3.63, 3.8) is 0 Å². The second-order valence-electron chi connectivity index (χ2n) is 4.12.